The summed E-state index contributed by atoms with van der Waals surface area (Å²) in [7, 11) is 0. The lowest BCUT2D eigenvalue weighted by Gasteiger charge is -2.37. The van der Waals surface area contributed by atoms with Crippen molar-refractivity contribution >= 4 is 12.1 Å². The van der Waals surface area contributed by atoms with Gasteiger partial charge < -0.3 is 14.7 Å². The second-order valence-corrected chi connectivity index (χ2v) is 6.82. The zero-order valence-corrected chi connectivity index (χ0v) is 13.6. The summed E-state index contributed by atoms with van der Waals surface area (Å²) >= 11 is 0. The predicted octanol–water partition coefficient (Wildman–Crippen LogP) is 3.25. The number of carbonyl (C=O) groups excluding carboxylic acids is 1. The first-order valence-electron chi connectivity index (χ1n) is 7.63. The zero-order valence-electron chi connectivity index (χ0n) is 13.6. The monoisotopic (exact) mass is 323 g/mol. The van der Waals surface area contributed by atoms with Gasteiger partial charge in [-0.3, -0.25) is 4.79 Å². The molecule has 2 atom stereocenters. The largest absolute Gasteiger partial charge is 0.481 e. The number of hydrogen-bond acceptors (Lipinski definition) is 3. The molecule has 0 aliphatic carbocycles. The van der Waals surface area contributed by atoms with Gasteiger partial charge in [-0.1, -0.05) is 12.1 Å². The quantitative estimate of drug-likeness (QED) is 0.907. The molecule has 1 heterocycles. The zero-order chi connectivity index (χ0) is 17.2. The molecular formula is C17H22FNO4. The summed E-state index contributed by atoms with van der Waals surface area (Å²) in [6.45, 7) is 5.81. The van der Waals surface area contributed by atoms with Gasteiger partial charge in [-0.05, 0) is 44.9 Å². The molecule has 1 fully saturated rings. The number of nitrogens with zero attached hydrogens (tertiary/aromatic N) is 1. The van der Waals surface area contributed by atoms with Crippen LogP contribution in [-0.4, -0.2) is 40.8 Å². The first-order chi connectivity index (χ1) is 10.7. The van der Waals surface area contributed by atoms with Crippen LogP contribution in [0.4, 0.5) is 9.18 Å². The van der Waals surface area contributed by atoms with Crippen LogP contribution >= 0.6 is 0 Å². The average Bonchev–Trinajstić information content (AvgIpc) is 2.45. The van der Waals surface area contributed by atoms with Gasteiger partial charge in [-0.25, -0.2) is 9.18 Å². The van der Waals surface area contributed by atoms with Gasteiger partial charge in [0.05, 0.1) is 5.92 Å². The average molecular weight is 323 g/mol. The van der Waals surface area contributed by atoms with Crippen LogP contribution in [0.3, 0.4) is 0 Å². The van der Waals surface area contributed by atoms with Gasteiger partial charge in [0.1, 0.15) is 11.4 Å². The van der Waals surface area contributed by atoms with Gasteiger partial charge in [-0.2, -0.15) is 0 Å². The Morgan fingerprint density at radius 1 is 1.26 bits per heavy atom. The molecule has 0 saturated carbocycles. The number of hydrogen-bond donors (Lipinski definition) is 1. The van der Waals surface area contributed by atoms with Crippen LogP contribution in [0.15, 0.2) is 24.3 Å². The molecule has 0 aromatic heterocycles. The Balaban J connectivity index is 2.13. The molecule has 5 nitrogen and oxygen atoms in total. The molecule has 1 aliphatic rings. The maximum absolute atomic E-state index is 13.0. The molecule has 6 heteroatoms. The normalized spacial score (nSPS) is 21.8. The summed E-state index contributed by atoms with van der Waals surface area (Å²) in [6, 6.07) is 5.88. The molecule has 2 rings (SSSR count). The van der Waals surface area contributed by atoms with E-state index in [2.05, 4.69) is 0 Å². The number of rotatable bonds is 2. The maximum atomic E-state index is 13.0. The first-order valence-corrected chi connectivity index (χ1v) is 7.63. The minimum atomic E-state index is -0.965. The Morgan fingerprint density at radius 3 is 2.39 bits per heavy atom. The van der Waals surface area contributed by atoms with E-state index in [0.717, 1.165) is 5.56 Å². The van der Waals surface area contributed by atoms with Crippen LogP contribution in [0.2, 0.25) is 0 Å². The SMILES string of the molecule is CC(C)(C)OC(=O)N1CC[C@@H](c2ccc(F)cc2)[C@H](C(=O)O)C1. The number of piperidine rings is 1. The number of aliphatic carboxylic acids is 1. The highest BCUT2D eigenvalue weighted by Gasteiger charge is 2.38. The number of ether oxygens (including phenoxy) is 1. The Kier molecular flexibility index (Phi) is 4.92. The standard InChI is InChI=1S/C17H22FNO4/c1-17(2,3)23-16(22)19-9-8-13(14(10-19)15(20)21)11-4-6-12(18)7-5-11/h4-7,13-14H,8-10H2,1-3H3,(H,20,21)/t13-,14+/m0/s1. The minimum absolute atomic E-state index is 0.0896. The number of amides is 1. The van der Waals surface area contributed by atoms with Crippen LogP contribution in [0.1, 0.15) is 38.7 Å². The Hall–Kier alpha value is -2.11. The second kappa shape index (κ2) is 6.56. The number of carboxylic acids is 1. The molecule has 0 spiro atoms. The number of halogens is 1. The van der Waals surface area contributed by atoms with E-state index < -0.39 is 23.6 Å². The third-order valence-corrected chi connectivity index (χ3v) is 3.88. The van der Waals surface area contributed by atoms with E-state index in [9.17, 15) is 19.1 Å². The molecule has 0 radical (unpaired) electrons. The fraction of sp³-hybridized carbons (Fsp3) is 0.529. The lowest BCUT2D eigenvalue weighted by Crippen LogP contribution is -2.47. The van der Waals surface area contributed by atoms with Crippen molar-refractivity contribution in [1.29, 1.82) is 0 Å². The van der Waals surface area contributed by atoms with Gasteiger partial charge in [0.25, 0.3) is 0 Å². The molecule has 1 amide bonds. The van der Waals surface area contributed by atoms with Crippen LogP contribution < -0.4 is 0 Å². The maximum Gasteiger partial charge on any atom is 0.410 e. The molecule has 23 heavy (non-hydrogen) atoms. The van der Waals surface area contributed by atoms with Crippen molar-refractivity contribution in [3.63, 3.8) is 0 Å². The fourth-order valence-corrected chi connectivity index (χ4v) is 2.80. The van der Waals surface area contributed by atoms with Gasteiger partial charge in [-0.15, -0.1) is 0 Å². The van der Waals surface area contributed by atoms with Crippen molar-refractivity contribution in [3.8, 4) is 0 Å². The third kappa shape index (κ3) is 4.43. The van der Waals surface area contributed by atoms with Gasteiger partial charge >= 0.3 is 12.1 Å². The van der Waals surface area contributed by atoms with E-state index >= 15 is 0 Å². The summed E-state index contributed by atoms with van der Waals surface area (Å²) in [5.74, 6) is -2.30. The minimum Gasteiger partial charge on any atom is -0.481 e. The molecule has 0 unspecified atom stereocenters. The van der Waals surface area contributed by atoms with Crippen molar-refractivity contribution in [2.24, 2.45) is 5.92 Å². The van der Waals surface area contributed by atoms with E-state index in [1.54, 1.807) is 32.9 Å². The third-order valence-electron chi connectivity index (χ3n) is 3.88. The summed E-state index contributed by atoms with van der Waals surface area (Å²) in [6.07, 6.45) is 0.00304. The molecule has 0 bridgehead atoms. The van der Waals surface area contributed by atoms with E-state index in [1.165, 1.54) is 17.0 Å². The molecule has 1 aromatic carbocycles. The lowest BCUT2D eigenvalue weighted by molar-refractivity contribution is -0.144. The number of benzene rings is 1. The number of carbonyl (C=O) groups is 2. The topological polar surface area (TPSA) is 66.8 Å². The van der Waals surface area contributed by atoms with Crippen molar-refractivity contribution in [2.75, 3.05) is 13.1 Å². The molecule has 1 saturated heterocycles. The van der Waals surface area contributed by atoms with Gasteiger partial charge in [0, 0.05) is 19.0 Å². The molecule has 1 N–H and O–H groups in total. The van der Waals surface area contributed by atoms with Crippen LogP contribution in [0.5, 0.6) is 0 Å². The van der Waals surface area contributed by atoms with Crippen molar-refractivity contribution in [1.82, 2.24) is 4.90 Å². The van der Waals surface area contributed by atoms with E-state index in [0.29, 0.717) is 13.0 Å². The summed E-state index contributed by atoms with van der Waals surface area (Å²) < 4.78 is 18.4. The first kappa shape index (κ1) is 17.2. The van der Waals surface area contributed by atoms with E-state index in [1.807, 2.05) is 0 Å². The Morgan fingerprint density at radius 2 is 1.87 bits per heavy atom. The second-order valence-electron chi connectivity index (χ2n) is 6.82. The molecular weight excluding hydrogens is 301 g/mol. The molecule has 126 valence electrons. The van der Waals surface area contributed by atoms with Gasteiger partial charge in [0.2, 0.25) is 0 Å². The smallest absolute Gasteiger partial charge is 0.410 e. The van der Waals surface area contributed by atoms with Crippen LogP contribution in [-0.2, 0) is 9.53 Å². The van der Waals surface area contributed by atoms with Crippen LogP contribution in [0.25, 0.3) is 0 Å². The number of carboxylic acid groups (broad SMARTS) is 1. The van der Waals surface area contributed by atoms with Crippen molar-refractivity contribution in [3.05, 3.63) is 35.6 Å². The highest BCUT2D eigenvalue weighted by atomic mass is 19.1. The van der Waals surface area contributed by atoms with E-state index in [4.69, 9.17) is 4.74 Å². The van der Waals surface area contributed by atoms with Crippen LogP contribution in [0, 0.1) is 11.7 Å². The summed E-state index contributed by atoms with van der Waals surface area (Å²) in [4.78, 5) is 25.2. The van der Waals surface area contributed by atoms with Crippen molar-refractivity contribution < 1.29 is 23.8 Å². The fourth-order valence-electron chi connectivity index (χ4n) is 2.80. The molecule has 1 aromatic rings. The predicted molar refractivity (Wildman–Crippen MR) is 82.7 cm³/mol. The Labute approximate surface area is 135 Å². The lowest BCUT2D eigenvalue weighted by atomic mass is 9.80. The summed E-state index contributed by atoms with van der Waals surface area (Å²) in [5, 5.41) is 9.50. The highest BCUT2D eigenvalue weighted by Crippen LogP contribution is 2.34. The van der Waals surface area contributed by atoms with Crippen molar-refractivity contribution in [2.45, 2.75) is 38.7 Å². The summed E-state index contributed by atoms with van der Waals surface area (Å²) in [5.41, 5.74) is 0.159. The molecule has 1 aliphatic heterocycles. The van der Waals surface area contributed by atoms with Gasteiger partial charge in [0.15, 0.2) is 0 Å². The highest BCUT2D eigenvalue weighted by molar-refractivity contribution is 5.74. The Bertz CT molecular complexity index is 579. The van der Waals surface area contributed by atoms with E-state index in [-0.39, 0.29) is 18.3 Å². The number of likely N-dealkylation sites (tertiary alicyclic amines) is 1.